The van der Waals surface area contributed by atoms with E-state index in [2.05, 4.69) is 5.32 Å². The average molecular weight is 322 g/mol. The fraction of sp³-hybridized carbons (Fsp3) is 0.529. The van der Waals surface area contributed by atoms with Crippen LogP contribution in [0.1, 0.15) is 32.3 Å². The molecule has 0 radical (unpaired) electrons. The zero-order chi connectivity index (χ0) is 17.2. The number of hydrogen-bond acceptors (Lipinski definition) is 4. The third-order valence-corrected chi connectivity index (χ3v) is 3.37. The Bertz CT molecular complexity index is 525. The van der Waals surface area contributed by atoms with E-state index in [4.69, 9.17) is 9.47 Å². The van der Waals surface area contributed by atoms with Gasteiger partial charge in [0.2, 0.25) is 0 Å². The Balaban J connectivity index is 2.66. The third kappa shape index (κ3) is 5.47. The maximum absolute atomic E-state index is 12.1. The minimum absolute atomic E-state index is 0.261. The van der Waals surface area contributed by atoms with Gasteiger partial charge in [-0.2, -0.15) is 0 Å². The molecule has 2 amide bonds. The first-order valence-electron chi connectivity index (χ1n) is 7.85. The highest BCUT2D eigenvalue weighted by Gasteiger charge is 2.20. The van der Waals surface area contributed by atoms with Gasteiger partial charge in [0.25, 0.3) is 0 Å². The van der Waals surface area contributed by atoms with Crippen molar-refractivity contribution in [1.82, 2.24) is 10.2 Å². The van der Waals surface area contributed by atoms with E-state index in [0.29, 0.717) is 24.6 Å². The van der Waals surface area contributed by atoms with E-state index < -0.39 is 11.8 Å². The Morgan fingerprint density at radius 3 is 2.17 bits per heavy atom. The van der Waals surface area contributed by atoms with Gasteiger partial charge < -0.3 is 19.7 Å². The molecule has 23 heavy (non-hydrogen) atoms. The van der Waals surface area contributed by atoms with Gasteiger partial charge in [0.05, 0.1) is 14.2 Å². The van der Waals surface area contributed by atoms with Crippen molar-refractivity contribution in [2.75, 3.05) is 27.3 Å². The Morgan fingerprint density at radius 1 is 1.04 bits per heavy atom. The zero-order valence-corrected chi connectivity index (χ0v) is 14.3. The predicted molar refractivity (Wildman–Crippen MR) is 88.6 cm³/mol. The van der Waals surface area contributed by atoms with Crippen molar-refractivity contribution < 1.29 is 19.1 Å². The molecule has 0 aliphatic carbocycles. The molecule has 0 aliphatic rings. The molecule has 1 aromatic carbocycles. The van der Waals surface area contributed by atoms with Crippen LogP contribution in [-0.4, -0.2) is 44.0 Å². The second-order valence-corrected chi connectivity index (χ2v) is 5.16. The van der Waals surface area contributed by atoms with Gasteiger partial charge in [0.1, 0.15) is 0 Å². The van der Waals surface area contributed by atoms with Gasteiger partial charge >= 0.3 is 11.8 Å². The molecule has 0 unspecified atom stereocenters. The number of nitrogens with zero attached hydrogens (tertiary/aromatic N) is 1. The third-order valence-electron chi connectivity index (χ3n) is 3.37. The molecule has 0 saturated carbocycles. The first kappa shape index (κ1) is 18.8. The van der Waals surface area contributed by atoms with Crippen molar-refractivity contribution >= 4 is 11.8 Å². The number of methoxy groups -OCH3 is 2. The Kier molecular flexibility index (Phi) is 7.94. The summed E-state index contributed by atoms with van der Waals surface area (Å²) in [6.07, 6.45) is 1.66. The molecular weight excluding hydrogens is 296 g/mol. The minimum Gasteiger partial charge on any atom is -0.493 e. The lowest BCUT2D eigenvalue weighted by Gasteiger charge is -2.20. The molecule has 128 valence electrons. The first-order chi connectivity index (χ1) is 11.1. The summed E-state index contributed by atoms with van der Waals surface area (Å²) >= 11 is 0. The fourth-order valence-electron chi connectivity index (χ4n) is 2.25. The lowest BCUT2D eigenvalue weighted by Crippen LogP contribution is -2.43. The van der Waals surface area contributed by atoms with E-state index in [1.165, 1.54) is 0 Å². The second-order valence-electron chi connectivity index (χ2n) is 5.16. The number of benzene rings is 1. The monoisotopic (exact) mass is 322 g/mol. The first-order valence-corrected chi connectivity index (χ1v) is 7.85. The van der Waals surface area contributed by atoms with E-state index >= 15 is 0 Å². The van der Waals surface area contributed by atoms with E-state index in [1.807, 2.05) is 19.9 Å². The van der Waals surface area contributed by atoms with Crippen molar-refractivity contribution in [2.24, 2.45) is 0 Å². The Morgan fingerprint density at radius 2 is 1.65 bits per heavy atom. The van der Waals surface area contributed by atoms with E-state index in [9.17, 15) is 9.59 Å². The molecule has 0 atom stereocenters. The van der Waals surface area contributed by atoms with Gasteiger partial charge in [-0.15, -0.1) is 0 Å². The molecular formula is C17H26N2O4. The van der Waals surface area contributed by atoms with Crippen LogP contribution in [0.3, 0.4) is 0 Å². The van der Waals surface area contributed by atoms with Crippen LogP contribution in [0, 0.1) is 0 Å². The summed E-state index contributed by atoms with van der Waals surface area (Å²) in [5.41, 5.74) is 0.835. The van der Waals surface area contributed by atoms with Crippen LogP contribution in [0.15, 0.2) is 18.2 Å². The van der Waals surface area contributed by atoms with Gasteiger partial charge in [-0.1, -0.05) is 19.9 Å². The normalized spacial score (nSPS) is 10.1. The highest BCUT2D eigenvalue weighted by Crippen LogP contribution is 2.27. The second kappa shape index (κ2) is 9.71. The highest BCUT2D eigenvalue weighted by molar-refractivity contribution is 6.34. The number of carbonyl (C=O) groups is 2. The fourth-order valence-corrected chi connectivity index (χ4v) is 2.25. The molecule has 0 aromatic heterocycles. The molecule has 0 fully saturated rings. The van der Waals surface area contributed by atoms with E-state index in [-0.39, 0.29) is 6.54 Å². The molecule has 1 rings (SSSR count). The molecule has 0 heterocycles. The summed E-state index contributed by atoms with van der Waals surface area (Å²) in [6, 6.07) is 5.37. The molecule has 6 heteroatoms. The topological polar surface area (TPSA) is 67.9 Å². The minimum atomic E-state index is -0.582. The molecule has 0 spiro atoms. The van der Waals surface area contributed by atoms with Crippen LogP contribution in [0.2, 0.25) is 0 Å². The molecule has 6 nitrogen and oxygen atoms in total. The van der Waals surface area contributed by atoms with Gasteiger partial charge in [0, 0.05) is 19.6 Å². The number of ether oxygens (including phenoxy) is 2. The molecule has 0 bridgehead atoms. The summed E-state index contributed by atoms with van der Waals surface area (Å²) in [7, 11) is 3.12. The number of amides is 2. The van der Waals surface area contributed by atoms with Gasteiger partial charge in [0.15, 0.2) is 11.5 Å². The molecule has 0 aliphatic heterocycles. The van der Waals surface area contributed by atoms with Crippen molar-refractivity contribution in [3.8, 4) is 11.5 Å². The predicted octanol–water partition coefficient (Wildman–Crippen LogP) is 1.97. The maximum atomic E-state index is 12.1. The van der Waals surface area contributed by atoms with Crippen LogP contribution in [-0.2, 0) is 16.1 Å². The smallest absolute Gasteiger partial charge is 0.311 e. The van der Waals surface area contributed by atoms with Crippen LogP contribution >= 0.6 is 0 Å². The Labute approximate surface area is 137 Å². The number of hydrogen-bond donors (Lipinski definition) is 1. The van der Waals surface area contributed by atoms with Crippen LogP contribution in [0.4, 0.5) is 0 Å². The molecule has 1 aromatic rings. The summed E-state index contributed by atoms with van der Waals surface area (Å²) in [4.78, 5) is 25.8. The summed E-state index contributed by atoms with van der Waals surface area (Å²) in [5.74, 6) is 0.149. The summed E-state index contributed by atoms with van der Waals surface area (Å²) in [6.45, 7) is 5.42. The SMILES string of the molecule is CCCN(CCC)C(=O)C(=O)NCc1ccc(OC)c(OC)c1. The lowest BCUT2D eigenvalue weighted by atomic mass is 10.2. The standard InChI is InChI=1S/C17H26N2O4/c1-5-9-19(10-6-2)17(21)16(20)18-12-13-7-8-14(22-3)15(11-13)23-4/h7-8,11H,5-6,9-10,12H2,1-4H3,(H,18,20). The molecule has 1 N–H and O–H groups in total. The van der Waals surface area contributed by atoms with E-state index in [0.717, 1.165) is 18.4 Å². The van der Waals surface area contributed by atoms with Crippen LogP contribution in [0.5, 0.6) is 11.5 Å². The lowest BCUT2D eigenvalue weighted by molar-refractivity contribution is -0.146. The Hall–Kier alpha value is -2.24. The van der Waals surface area contributed by atoms with Gasteiger partial charge in [-0.25, -0.2) is 0 Å². The van der Waals surface area contributed by atoms with Crippen LogP contribution in [0.25, 0.3) is 0 Å². The molecule has 0 saturated heterocycles. The van der Waals surface area contributed by atoms with E-state index in [1.54, 1.807) is 31.3 Å². The summed E-state index contributed by atoms with van der Waals surface area (Å²) in [5, 5.41) is 2.66. The summed E-state index contributed by atoms with van der Waals surface area (Å²) < 4.78 is 10.4. The van der Waals surface area contributed by atoms with Gasteiger partial charge in [-0.05, 0) is 30.5 Å². The quantitative estimate of drug-likeness (QED) is 0.743. The van der Waals surface area contributed by atoms with Crippen molar-refractivity contribution in [3.63, 3.8) is 0 Å². The van der Waals surface area contributed by atoms with Crippen LogP contribution < -0.4 is 14.8 Å². The van der Waals surface area contributed by atoms with Crippen molar-refractivity contribution in [2.45, 2.75) is 33.2 Å². The number of rotatable bonds is 8. The number of carbonyl (C=O) groups excluding carboxylic acids is 2. The van der Waals surface area contributed by atoms with Crippen molar-refractivity contribution in [3.05, 3.63) is 23.8 Å². The van der Waals surface area contributed by atoms with Gasteiger partial charge in [-0.3, -0.25) is 9.59 Å². The highest BCUT2D eigenvalue weighted by atomic mass is 16.5. The largest absolute Gasteiger partial charge is 0.493 e. The average Bonchev–Trinajstić information content (AvgIpc) is 2.58. The maximum Gasteiger partial charge on any atom is 0.311 e. The van der Waals surface area contributed by atoms with Crippen molar-refractivity contribution in [1.29, 1.82) is 0 Å². The number of nitrogens with one attached hydrogen (secondary N) is 1. The zero-order valence-electron chi connectivity index (χ0n) is 14.3.